The van der Waals surface area contributed by atoms with Crippen molar-refractivity contribution >= 4 is 34.4 Å². The Morgan fingerprint density at radius 1 is 1.17 bits per heavy atom. The van der Waals surface area contributed by atoms with Crippen LogP contribution >= 0.6 is 11.8 Å². The molecule has 2 aromatic heterocycles. The van der Waals surface area contributed by atoms with Gasteiger partial charge in [-0.1, -0.05) is 29.5 Å². The number of carbonyl (C=O) groups is 1. The Labute approximate surface area is 169 Å². The molecular formula is C20H16FN5O2S. The first-order chi connectivity index (χ1) is 14.0. The van der Waals surface area contributed by atoms with Gasteiger partial charge in [-0.3, -0.25) is 9.59 Å². The van der Waals surface area contributed by atoms with Gasteiger partial charge in [0, 0.05) is 5.69 Å². The number of nitrogens with zero attached hydrogens (tertiary/aromatic N) is 3. The summed E-state index contributed by atoms with van der Waals surface area (Å²) in [5.74, 6) is -0.506. The molecule has 1 amide bonds. The molecule has 0 fully saturated rings. The van der Waals surface area contributed by atoms with E-state index < -0.39 is 0 Å². The van der Waals surface area contributed by atoms with Crippen molar-refractivity contribution in [3.05, 3.63) is 76.5 Å². The lowest BCUT2D eigenvalue weighted by atomic mass is 10.2. The van der Waals surface area contributed by atoms with E-state index in [2.05, 4.69) is 20.4 Å². The summed E-state index contributed by atoms with van der Waals surface area (Å²) in [5, 5.41) is 7.58. The van der Waals surface area contributed by atoms with Crippen LogP contribution < -0.4 is 10.9 Å². The topological polar surface area (TPSA) is 92.7 Å². The molecule has 2 N–H and O–H groups in total. The van der Waals surface area contributed by atoms with Gasteiger partial charge in [-0.05, 0) is 43.3 Å². The van der Waals surface area contributed by atoms with E-state index in [-0.39, 0.29) is 23.0 Å². The van der Waals surface area contributed by atoms with Gasteiger partial charge in [-0.2, -0.15) is 5.10 Å². The Bertz CT molecular complexity index is 1230. The van der Waals surface area contributed by atoms with Gasteiger partial charge in [0.05, 0.1) is 17.6 Å². The first-order valence-corrected chi connectivity index (χ1v) is 9.71. The second kappa shape index (κ2) is 7.88. The molecule has 7 nitrogen and oxygen atoms in total. The third-order valence-electron chi connectivity index (χ3n) is 4.16. The third kappa shape index (κ3) is 4.19. The van der Waals surface area contributed by atoms with Gasteiger partial charge in [0.1, 0.15) is 11.2 Å². The molecule has 0 aliphatic heterocycles. The lowest BCUT2D eigenvalue weighted by Gasteiger charge is -2.06. The monoisotopic (exact) mass is 409 g/mol. The molecule has 0 aliphatic rings. The van der Waals surface area contributed by atoms with Crippen LogP contribution in [0.1, 0.15) is 5.56 Å². The van der Waals surface area contributed by atoms with Crippen LogP contribution in [0, 0.1) is 12.7 Å². The maximum atomic E-state index is 13.2. The van der Waals surface area contributed by atoms with E-state index >= 15 is 0 Å². The van der Waals surface area contributed by atoms with Crippen LogP contribution in [0.3, 0.4) is 0 Å². The highest BCUT2D eigenvalue weighted by molar-refractivity contribution is 7.99. The van der Waals surface area contributed by atoms with Crippen LogP contribution in [-0.2, 0) is 4.79 Å². The zero-order valence-electron chi connectivity index (χ0n) is 15.3. The summed E-state index contributed by atoms with van der Waals surface area (Å²) in [4.78, 5) is 31.6. The highest BCUT2D eigenvalue weighted by Crippen LogP contribution is 2.18. The summed E-state index contributed by atoms with van der Waals surface area (Å²) in [7, 11) is 0. The molecule has 4 rings (SSSR count). The normalized spacial score (nSPS) is 11.0. The molecule has 0 saturated carbocycles. The number of aromatic amines is 1. The van der Waals surface area contributed by atoms with Gasteiger partial charge < -0.3 is 10.3 Å². The van der Waals surface area contributed by atoms with Crippen molar-refractivity contribution in [3.63, 3.8) is 0 Å². The number of H-pyrrole nitrogens is 1. The number of anilines is 1. The van der Waals surface area contributed by atoms with E-state index in [0.717, 1.165) is 17.3 Å². The van der Waals surface area contributed by atoms with Crippen LogP contribution in [-0.4, -0.2) is 31.4 Å². The summed E-state index contributed by atoms with van der Waals surface area (Å²) >= 11 is 1.11. The van der Waals surface area contributed by atoms with E-state index in [4.69, 9.17) is 0 Å². The number of aromatic nitrogens is 4. The molecule has 0 spiro atoms. The predicted octanol–water partition coefficient (Wildman–Crippen LogP) is 3.29. The molecular weight excluding hydrogens is 393 g/mol. The van der Waals surface area contributed by atoms with Crippen molar-refractivity contribution < 1.29 is 9.18 Å². The molecule has 0 atom stereocenters. The summed E-state index contributed by atoms with van der Waals surface area (Å²) < 4.78 is 14.6. The Kier molecular flexibility index (Phi) is 5.13. The van der Waals surface area contributed by atoms with E-state index in [1.165, 1.54) is 23.0 Å². The van der Waals surface area contributed by atoms with Crippen LogP contribution in [0.4, 0.5) is 10.1 Å². The zero-order chi connectivity index (χ0) is 20.4. The minimum Gasteiger partial charge on any atom is -0.325 e. The Balaban J connectivity index is 1.54. The lowest BCUT2D eigenvalue weighted by Crippen LogP contribution is -2.15. The van der Waals surface area contributed by atoms with Crippen molar-refractivity contribution in [2.45, 2.75) is 12.1 Å². The number of halogens is 1. The van der Waals surface area contributed by atoms with E-state index in [1.807, 2.05) is 31.2 Å². The molecule has 0 radical (unpaired) electrons. The molecule has 0 bridgehead atoms. The van der Waals surface area contributed by atoms with Crippen molar-refractivity contribution in [2.24, 2.45) is 0 Å². The second-order valence-electron chi connectivity index (χ2n) is 6.34. The first-order valence-electron chi connectivity index (χ1n) is 8.73. The molecule has 0 unspecified atom stereocenters. The number of fused-ring (bicyclic) bond motifs is 1. The molecule has 0 aliphatic carbocycles. The first kappa shape index (κ1) is 18.9. The maximum Gasteiger partial charge on any atom is 0.262 e. The Hall–Kier alpha value is -3.46. The smallest absolute Gasteiger partial charge is 0.262 e. The molecule has 2 aromatic carbocycles. The van der Waals surface area contributed by atoms with Crippen molar-refractivity contribution in [3.8, 4) is 5.69 Å². The number of carbonyl (C=O) groups excluding carboxylic acids is 1. The highest BCUT2D eigenvalue weighted by Gasteiger charge is 2.13. The zero-order valence-corrected chi connectivity index (χ0v) is 16.2. The molecule has 0 saturated heterocycles. The summed E-state index contributed by atoms with van der Waals surface area (Å²) in [5.41, 5.74) is 2.36. The van der Waals surface area contributed by atoms with E-state index in [1.54, 1.807) is 12.1 Å². The second-order valence-corrected chi connectivity index (χ2v) is 7.31. The standard InChI is InChI=1S/C20H16FN5O2S/c1-12-2-6-14(7-3-12)23-17(27)11-29-20-24-18-16(19(28)25-20)10-22-26(18)15-8-4-13(21)5-9-15/h2-10H,11H2,1H3,(H,23,27)(H,24,25,28). The molecule has 9 heteroatoms. The Morgan fingerprint density at radius 2 is 1.90 bits per heavy atom. The number of thioether (sulfide) groups is 1. The van der Waals surface area contributed by atoms with Crippen LogP contribution in [0.15, 0.2) is 64.7 Å². The van der Waals surface area contributed by atoms with Gasteiger partial charge in [0.2, 0.25) is 5.91 Å². The quantitative estimate of drug-likeness (QED) is 0.390. The van der Waals surface area contributed by atoms with Crippen molar-refractivity contribution in [1.29, 1.82) is 0 Å². The minimum atomic E-state index is -0.369. The van der Waals surface area contributed by atoms with Crippen molar-refractivity contribution in [2.75, 3.05) is 11.1 Å². The lowest BCUT2D eigenvalue weighted by molar-refractivity contribution is -0.113. The van der Waals surface area contributed by atoms with Gasteiger partial charge in [0.15, 0.2) is 10.8 Å². The number of rotatable bonds is 5. The average molecular weight is 409 g/mol. The van der Waals surface area contributed by atoms with Gasteiger partial charge >= 0.3 is 0 Å². The molecule has 2 heterocycles. The van der Waals surface area contributed by atoms with E-state index in [0.29, 0.717) is 27.6 Å². The average Bonchev–Trinajstić information content (AvgIpc) is 3.13. The molecule has 146 valence electrons. The fourth-order valence-corrected chi connectivity index (χ4v) is 3.36. The SMILES string of the molecule is Cc1ccc(NC(=O)CSc2nc3c(cnn3-c3ccc(F)cc3)c(=O)[nH]2)cc1. The third-order valence-corrected chi connectivity index (χ3v) is 5.04. The number of nitrogens with one attached hydrogen (secondary N) is 2. The molecule has 29 heavy (non-hydrogen) atoms. The fourth-order valence-electron chi connectivity index (χ4n) is 2.71. The number of aryl methyl sites for hydroxylation is 1. The summed E-state index contributed by atoms with van der Waals surface area (Å²) in [6.45, 7) is 1.97. The largest absolute Gasteiger partial charge is 0.325 e. The number of hydrogen-bond acceptors (Lipinski definition) is 5. The highest BCUT2D eigenvalue weighted by atomic mass is 32.2. The number of hydrogen-bond donors (Lipinski definition) is 2. The number of benzene rings is 2. The minimum absolute atomic E-state index is 0.0764. The predicted molar refractivity (Wildman–Crippen MR) is 110 cm³/mol. The van der Waals surface area contributed by atoms with Gasteiger partial charge in [-0.15, -0.1) is 0 Å². The molecule has 4 aromatic rings. The van der Waals surface area contributed by atoms with E-state index in [9.17, 15) is 14.0 Å². The van der Waals surface area contributed by atoms with Crippen LogP contribution in [0.25, 0.3) is 16.7 Å². The summed E-state index contributed by atoms with van der Waals surface area (Å²) in [6, 6.07) is 13.2. The number of amides is 1. The maximum absolute atomic E-state index is 13.2. The van der Waals surface area contributed by atoms with Gasteiger partial charge in [0.25, 0.3) is 5.56 Å². The Morgan fingerprint density at radius 3 is 2.62 bits per heavy atom. The summed E-state index contributed by atoms with van der Waals surface area (Å²) in [6.07, 6.45) is 1.41. The van der Waals surface area contributed by atoms with Crippen molar-refractivity contribution in [1.82, 2.24) is 19.7 Å². The fraction of sp³-hybridized carbons (Fsp3) is 0.100. The van der Waals surface area contributed by atoms with Gasteiger partial charge in [-0.25, -0.2) is 14.1 Å². The van der Waals surface area contributed by atoms with Crippen LogP contribution in [0.2, 0.25) is 0 Å². The van der Waals surface area contributed by atoms with Crippen LogP contribution in [0.5, 0.6) is 0 Å².